The molecule has 4 rings (SSSR count). The van der Waals surface area contributed by atoms with Crippen molar-refractivity contribution in [2.45, 2.75) is 40.3 Å². The van der Waals surface area contributed by atoms with Gasteiger partial charge in [-0.25, -0.2) is 13.9 Å². The van der Waals surface area contributed by atoms with Crippen molar-refractivity contribution in [3.8, 4) is 0 Å². The third-order valence-electron chi connectivity index (χ3n) is 5.19. The summed E-state index contributed by atoms with van der Waals surface area (Å²) in [5.41, 5.74) is 0.871. The number of nitrogens with one attached hydrogen (secondary N) is 1. The van der Waals surface area contributed by atoms with Gasteiger partial charge in [-0.15, -0.1) is 16.4 Å². The van der Waals surface area contributed by atoms with Gasteiger partial charge >= 0.3 is 5.69 Å². The van der Waals surface area contributed by atoms with Crippen LogP contribution >= 0.6 is 11.3 Å². The Hall–Kier alpha value is -3.53. The normalized spacial score (nSPS) is 11.5. The van der Waals surface area contributed by atoms with Crippen LogP contribution < -0.4 is 16.6 Å². The molecule has 1 amide bonds. The second kappa shape index (κ2) is 8.54. The number of benzene rings is 1. The fourth-order valence-corrected chi connectivity index (χ4v) is 4.27. The predicted octanol–water partition coefficient (Wildman–Crippen LogP) is 2.76. The summed E-state index contributed by atoms with van der Waals surface area (Å²) in [6, 6.07) is 8.20. The zero-order chi connectivity index (χ0) is 23.0. The molecule has 0 saturated carbocycles. The van der Waals surface area contributed by atoms with Gasteiger partial charge in [0.15, 0.2) is 5.78 Å². The Labute approximate surface area is 186 Å². The monoisotopic (exact) mass is 453 g/mol. The number of nitrogens with zero attached hydrogens (tertiary/aromatic N) is 4. The van der Waals surface area contributed by atoms with E-state index in [0.717, 1.165) is 11.1 Å². The van der Waals surface area contributed by atoms with Gasteiger partial charge in [0.25, 0.3) is 5.56 Å². The molecule has 1 N–H and O–H groups in total. The summed E-state index contributed by atoms with van der Waals surface area (Å²) in [6.45, 7) is 5.71. The Bertz CT molecular complexity index is 1440. The van der Waals surface area contributed by atoms with Gasteiger partial charge in [-0.05, 0) is 55.0 Å². The van der Waals surface area contributed by atoms with E-state index in [1.165, 1.54) is 27.2 Å². The summed E-state index contributed by atoms with van der Waals surface area (Å²) in [4.78, 5) is 50.0. The van der Waals surface area contributed by atoms with Crippen molar-refractivity contribution in [1.29, 1.82) is 0 Å². The quantitative estimate of drug-likeness (QED) is 0.433. The number of aromatic nitrogens is 4. The highest BCUT2D eigenvalue weighted by Crippen LogP contribution is 2.18. The number of thiophene rings is 1. The molecule has 9 nitrogen and oxygen atoms in total. The summed E-state index contributed by atoms with van der Waals surface area (Å²) in [5, 5.41) is 8.79. The lowest BCUT2D eigenvalue weighted by Crippen LogP contribution is -2.29. The molecular weight excluding hydrogens is 430 g/mol. The van der Waals surface area contributed by atoms with Crippen LogP contribution in [0, 0.1) is 5.92 Å². The van der Waals surface area contributed by atoms with E-state index in [4.69, 9.17) is 0 Å². The summed E-state index contributed by atoms with van der Waals surface area (Å²) in [7, 11) is 0. The molecule has 4 aromatic rings. The summed E-state index contributed by atoms with van der Waals surface area (Å²) in [5.74, 6) is 0.0891. The molecule has 0 aliphatic rings. The van der Waals surface area contributed by atoms with Crippen LogP contribution in [0.5, 0.6) is 0 Å². The van der Waals surface area contributed by atoms with E-state index in [1.807, 2.05) is 0 Å². The van der Waals surface area contributed by atoms with Gasteiger partial charge in [0.05, 0.1) is 5.52 Å². The molecule has 32 heavy (non-hydrogen) atoms. The van der Waals surface area contributed by atoms with E-state index in [-0.39, 0.29) is 23.7 Å². The first-order valence-electron chi connectivity index (χ1n) is 10.3. The summed E-state index contributed by atoms with van der Waals surface area (Å²) >= 11 is 1.28. The largest absolute Gasteiger partial charge is 0.352 e. The van der Waals surface area contributed by atoms with E-state index in [0.29, 0.717) is 33.9 Å². The number of amides is 1. The molecule has 0 atom stereocenters. The smallest absolute Gasteiger partial charge is 0.324 e. The summed E-state index contributed by atoms with van der Waals surface area (Å²) < 4.78 is 4.45. The van der Waals surface area contributed by atoms with Gasteiger partial charge in [-0.1, -0.05) is 13.8 Å². The highest BCUT2D eigenvalue weighted by atomic mass is 32.1. The van der Waals surface area contributed by atoms with Gasteiger partial charge in [-0.2, -0.15) is 0 Å². The number of anilines is 1. The number of carbonyl (C=O) groups excluding carboxylic acids is 2. The Morgan fingerprint density at radius 3 is 2.50 bits per heavy atom. The highest BCUT2D eigenvalue weighted by molar-refractivity contribution is 7.17. The Morgan fingerprint density at radius 1 is 1.12 bits per heavy atom. The van der Waals surface area contributed by atoms with Crippen molar-refractivity contribution in [1.82, 2.24) is 18.7 Å². The standard InChI is InChI=1S/C22H23N5O4S/c1-13(2)8-10-25-20(30)19-17(9-11-32-19)27-21(25)24-26(22(27)31)12-18(29)23-16-6-4-15(5-7-16)14(3)28/h4-7,9,11,13H,8,10,12H2,1-3H3,(H,23,29). The summed E-state index contributed by atoms with van der Waals surface area (Å²) in [6.07, 6.45) is 0.754. The molecular formula is C22H23N5O4S. The molecule has 0 bridgehead atoms. The van der Waals surface area contributed by atoms with Crippen LogP contribution in [0.1, 0.15) is 37.6 Å². The van der Waals surface area contributed by atoms with Crippen LogP contribution in [0.3, 0.4) is 0 Å². The first-order chi connectivity index (χ1) is 15.3. The van der Waals surface area contributed by atoms with Crippen molar-refractivity contribution in [2.75, 3.05) is 5.32 Å². The van der Waals surface area contributed by atoms with Gasteiger partial charge in [-0.3, -0.25) is 19.0 Å². The van der Waals surface area contributed by atoms with Crippen LogP contribution in [-0.2, 0) is 17.9 Å². The van der Waals surface area contributed by atoms with Crippen LogP contribution in [0.4, 0.5) is 5.69 Å². The second-order valence-electron chi connectivity index (χ2n) is 8.03. The SMILES string of the molecule is CC(=O)c1ccc(NC(=O)Cn2nc3n(CCC(C)C)c(=O)c4sccc4n3c2=O)cc1. The molecule has 0 unspecified atom stereocenters. The maximum atomic E-state index is 13.1. The first-order valence-corrected chi connectivity index (χ1v) is 11.1. The molecule has 0 aliphatic carbocycles. The number of ketones is 1. The highest BCUT2D eigenvalue weighted by Gasteiger charge is 2.19. The topological polar surface area (TPSA) is 107 Å². The average molecular weight is 454 g/mol. The molecule has 166 valence electrons. The van der Waals surface area contributed by atoms with Crippen LogP contribution in [0.15, 0.2) is 45.3 Å². The number of hydrogen-bond acceptors (Lipinski definition) is 6. The minimum absolute atomic E-state index is 0.0672. The molecule has 3 heterocycles. The molecule has 0 spiro atoms. The van der Waals surface area contributed by atoms with Crippen molar-refractivity contribution in [2.24, 2.45) is 5.92 Å². The van der Waals surface area contributed by atoms with E-state index in [1.54, 1.807) is 35.7 Å². The Balaban J connectivity index is 1.69. The number of aryl methyl sites for hydroxylation is 1. The van der Waals surface area contributed by atoms with Gasteiger partial charge in [0.2, 0.25) is 11.7 Å². The predicted molar refractivity (Wildman–Crippen MR) is 124 cm³/mol. The molecule has 3 aromatic heterocycles. The number of fused-ring (bicyclic) bond motifs is 3. The minimum atomic E-state index is -0.483. The maximum absolute atomic E-state index is 13.1. The number of Topliss-reactive ketones (excluding diaryl/α,β-unsaturated/α-hetero) is 1. The molecule has 0 saturated heterocycles. The van der Waals surface area contributed by atoms with E-state index < -0.39 is 11.6 Å². The minimum Gasteiger partial charge on any atom is -0.324 e. The zero-order valence-corrected chi connectivity index (χ0v) is 18.8. The van der Waals surface area contributed by atoms with Crippen LogP contribution in [0.2, 0.25) is 0 Å². The average Bonchev–Trinajstić information content (AvgIpc) is 3.33. The van der Waals surface area contributed by atoms with Gasteiger partial charge in [0.1, 0.15) is 11.2 Å². The van der Waals surface area contributed by atoms with Crippen LogP contribution in [0.25, 0.3) is 16.0 Å². The number of rotatable bonds is 7. The van der Waals surface area contributed by atoms with Crippen molar-refractivity contribution in [3.05, 3.63) is 62.1 Å². The van der Waals surface area contributed by atoms with Crippen molar-refractivity contribution in [3.63, 3.8) is 0 Å². The molecule has 1 aromatic carbocycles. The number of hydrogen-bond donors (Lipinski definition) is 1. The first kappa shape index (κ1) is 21.7. The number of carbonyl (C=O) groups is 2. The maximum Gasteiger partial charge on any atom is 0.352 e. The third kappa shape index (κ3) is 4.01. The molecule has 0 radical (unpaired) electrons. The van der Waals surface area contributed by atoms with E-state index in [9.17, 15) is 19.2 Å². The van der Waals surface area contributed by atoms with Crippen LogP contribution in [-0.4, -0.2) is 30.4 Å². The Kier molecular flexibility index (Phi) is 5.79. The second-order valence-corrected chi connectivity index (χ2v) is 8.95. The fraction of sp³-hybridized carbons (Fsp3) is 0.318. The van der Waals surface area contributed by atoms with Crippen molar-refractivity contribution >= 4 is 44.7 Å². The fourth-order valence-electron chi connectivity index (χ4n) is 3.45. The van der Waals surface area contributed by atoms with Crippen molar-refractivity contribution < 1.29 is 9.59 Å². The lowest BCUT2D eigenvalue weighted by Gasteiger charge is -2.09. The lowest BCUT2D eigenvalue weighted by atomic mass is 10.1. The molecule has 0 aliphatic heterocycles. The van der Waals surface area contributed by atoms with E-state index in [2.05, 4.69) is 24.3 Å². The Morgan fingerprint density at radius 2 is 1.84 bits per heavy atom. The zero-order valence-electron chi connectivity index (χ0n) is 18.0. The molecule has 0 fully saturated rings. The molecule has 10 heteroatoms. The van der Waals surface area contributed by atoms with Gasteiger partial charge < -0.3 is 5.32 Å². The third-order valence-corrected chi connectivity index (χ3v) is 6.08. The van der Waals surface area contributed by atoms with E-state index >= 15 is 0 Å². The lowest BCUT2D eigenvalue weighted by molar-refractivity contribution is -0.117. The van der Waals surface area contributed by atoms with Gasteiger partial charge in [0, 0.05) is 17.8 Å².